The highest BCUT2D eigenvalue weighted by Crippen LogP contribution is 2.36. The van der Waals surface area contributed by atoms with Crippen molar-refractivity contribution >= 4 is 22.4 Å². The van der Waals surface area contributed by atoms with E-state index in [4.69, 9.17) is 10.5 Å². The number of rotatable bonds is 4. The van der Waals surface area contributed by atoms with Crippen molar-refractivity contribution in [3.05, 3.63) is 64.3 Å². The largest absolute Gasteiger partial charge is 0.468 e. The highest BCUT2D eigenvalue weighted by atomic mass is 16.6. The van der Waals surface area contributed by atoms with Crippen molar-refractivity contribution in [2.75, 3.05) is 5.73 Å². The zero-order valence-corrected chi connectivity index (χ0v) is 11.5. The Morgan fingerprint density at radius 3 is 2.68 bits per heavy atom. The van der Waals surface area contributed by atoms with Crippen LogP contribution in [-0.2, 0) is 6.61 Å². The first kappa shape index (κ1) is 13.7. The van der Waals surface area contributed by atoms with Crippen LogP contribution in [0.2, 0.25) is 0 Å². The van der Waals surface area contributed by atoms with Crippen LogP contribution in [0, 0.1) is 10.1 Å². The van der Waals surface area contributed by atoms with Gasteiger partial charge in [0.15, 0.2) is 0 Å². The van der Waals surface area contributed by atoms with E-state index in [1.807, 2.05) is 30.3 Å². The van der Waals surface area contributed by atoms with Gasteiger partial charge in [-0.05, 0) is 17.7 Å². The lowest BCUT2D eigenvalue weighted by Gasteiger charge is -2.09. The standard InChI is InChI=1S/C15H12N4O3/c16-12-13-11(7-4-8-17-13)18-15(14(12)19(20)21)22-9-10-5-2-1-3-6-10/h1-8H,9H2,(H2,16,18). The minimum Gasteiger partial charge on any atom is -0.468 e. The van der Waals surface area contributed by atoms with Gasteiger partial charge in [0.25, 0.3) is 5.88 Å². The Morgan fingerprint density at radius 2 is 1.95 bits per heavy atom. The molecule has 0 bridgehead atoms. The zero-order chi connectivity index (χ0) is 15.5. The number of nitrogens with zero attached hydrogens (tertiary/aromatic N) is 3. The third-order valence-electron chi connectivity index (χ3n) is 3.12. The number of fused-ring (bicyclic) bond motifs is 1. The number of aromatic nitrogens is 2. The maximum Gasteiger partial charge on any atom is 0.355 e. The van der Waals surface area contributed by atoms with Crippen molar-refractivity contribution in [3.63, 3.8) is 0 Å². The molecule has 0 amide bonds. The quantitative estimate of drug-likeness (QED) is 0.586. The second-order valence-corrected chi connectivity index (χ2v) is 4.58. The molecule has 0 unspecified atom stereocenters. The molecule has 1 aromatic carbocycles. The van der Waals surface area contributed by atoms with Crippen molar-refractivity contribution in [1.29, 1.82) is 0 Å². The molecule has 0 aliphatic heterocycles. The summed E-state index contributed by atoms with van der Waals surface area (Å²) in [5.41, 5.74) is 7.09. The molecule has 22 heavy (non-hydrogen) atoms. The predicted octanol–water partition coefficient (Wildman–Crippen LogP) is 2.70. The molecule has 2 N–H and O–H groups in total. The van der Waals surface area contributed by atoms with Gasteiger partial charge in [0.2, 0.25) is 0 Å². The fraction of sp³-hybridized carbons (Fsp3) is 0.0667. The summed E-state index contributed by atoms with van der Waals surface area (Å²) in [5.74, 6) is -0.105. The molecule has 0 atom stereocenters. The van der Waals surface area contributed by atoms with Crippen LogP contribution in [-0.4, -0.2) is 14.9 Å². The van der Waals surface area contributed by atoms with Gasteiger partial charge < -0.3 is 10.5 Å². The topological polar surface area (TPSA) is 104 Å². The summed E-state index contributed by atoms with van der Waals surface area (Å²) >= 11 is 0. The van der Waals surface area contributed by atoms with Gasteiger partial charge in [-0.15, -0.1) is 0 Å². The summed E-state index contributed by atoms with van der Waals surface area (Å²) in [7, 11) is 0. The lowest BCUT2D eigenvalue weighted by atomic mass is 10.2. The molecular formula is C15H12N4O3. The van der Waals surface area contributed by atoms with Gasteiger partial charge >= 0.3 is 5.69 Å². The average molecular weight is 296 g/mol. The third kappa shape index (κ3) is 2.51. The number of nitro groups is 1. The first-order valence-electron chi connectivity index (χ1n) is 6.52. The van der Waals surface area contributed by atoms with Crippen molar-refractivity contribution in [2.45, 2.75) is 6.61 Å². The summed E-state index contributed by atoms with van der Waals surface area (Å²) in [6, 6.07) is 12.7. The maximum atomic E-state index is 11.3. The third-order valence-corrected chi connectivity index (χ3v) is 3.12. The van der Waals surface area contributed by atoms with Gasteiger partial charge in [0.05, 0.1) is 10.4 Å². The molecule has 7 nitrogen and oxygen atoms in total. The molecule has 0 saturated heterocycles. The zero-order valence-electron chi connectivity index (χ0n) is 11.5. The van der Waals surface area contributed by atoms with Crippen molar-refractivity contribution in [3.8, 4) is 5.88 Å². The molecule has 3 rings (SSSR count). The number of nitrogen functional groups attached to an aromatic ring is 1. The van der Waals surface area contributed by atoms with E-state index in [1.165, 1.54) is 6.20 Å². The summed E-state index contributed by atoms with van der Waals surface area (Å²) in [5, 5.41) is 11.3. The molecule has 2 heterocycles. The van der Waals surface area contributed by atoms with E-state index in [1.54, 1.807) is 12.1 Å². The highest BCUT2D eigenvalue weighted by Gasteiger charge is 2.25. The van der Waals surface area contributed by atoms with E-state index >= 15 is 0 Å². The second kappa shape index (κ2) is 5.65. The fourth-order valence-electron chi connectivity index (χ4n) is 2.09. The Hall–Kier alpha value is -3.22. The average Bonchev–Trinajstić information content (AvgIpc) is 2.53. The van der Waals surface area contributed by atoms with Gasteiger partial charge in [-0.25, -0.2) is 4.98 Å². The first-order chi connectivity index (χ1) is 10.7. The Bertz CT molecular complexity index is 837. The number of nitrogens with two attached hydrogens (primary N) is 1. The summed E-state index contributed by atoms with van der Waals surface area (Å²) < 4.78 is 5.51. The van der Waals surface area contributed by atoms with Crippen molar-refractivity contribution in [1.82, 2.24) is 9.97 Å². The van der Waals surface area contributed by atoms with Gasteiger partial charge in [-0.2, -0.15) is 0 Å². The Balaban J connectivity index is 2.04. The lowest BCUT2D eigenvalue weighted by Crippen LogP contribution is -2.05. The molecule has 0 aliphatic carbocycles. The van der Waals surface area contributed by atoms with Gasteiger partial charge in [0.1, 0.15) is 17.8 Å². The fourth-order valence-corrected chi connectivity index (χ4v) is 2.09. The van der Waals surface area contributed by atoms with Crippen LogP contribution >= 0.6 is 0 Å². The lowest BCUT2D eigenvalue weighted by molar-refractivity contribution is -0.385. The molecule has 0 saturated carbocycles. The number of anilines is 1. The number of pyridine rings is 2. The molecule has 0 aliphatic rings. The van der Waals surface area contributed by atoms with Crippen LogP contribution in [0.1, 0.15) is 5.56 Å². The molecule has 0 spiro atoms. The Morgan fingerprint density at radius 1 is 1.18 bits per heavy atom. The second-order valence-electron chi connectivity index (χ2n) is 4.58. The molecule has 7 heteroatoms. The Kier molecular flexibility index (Phi) is 3.53. The maximum absolute atomic E-state index is 11.3. The van der Waals surface area contributed by atoms with E-state index in [0.717, 1.165) is 5.56 Å². The predicted molar refractivity (Wildman–Crippen MR) is 81.4 cm³/mol. The summed E-state index contributed by atoms with van der Waals surface area (Å²) in [6.07, 6.45) is 1.51. The van der Waals surface area contributed by atoms with E-state index in [0.29, 0.717) is 11.0 Å². The first-order valence-corrected chi connectivity index (χ1v) is 6.52. The molecule has 0 radical (unpaired) electrons. The molecule has 2 aromatic heterocycles. The number of ether oxygens (including phenoxy) is 1. The molecule has 110 valence electrons. The van der Waals surface area contributed by atoms with Crippen LogP contribution in [0.4, 0.5) is 11.4 Å². The van der Waals surface area contributed by atoms with Crippen LogP contribution < -0.4 is 10.5 Å². The van der Waals surface area contributed by atoms with Gasteiger partial charge in [-0.1, -0.05) is 30.3 Å². The highest BCUT2D eigenvalue weighted by molar-refractivity contribution is 5.92. The minimum absolute atomic E-state index is 0.0429. The number of benzene rings is 1. The van der Waals surface area contributed by atoms with Crippen LogP contribution in [0.15, 0.2) is 48.7 Å². The molecule has 0 fully saturated rings. The van der Waals surface area contributed by atoms with Gasteiger partial charge in [-0.3, -0.25) is 15.1 Å². The van der Waals surface area contributed by atoms with Crippen molar-refractivity contribution < 1.29 is 9.66 Å². The smallest absolute Gasteiger partial charge is 0.355 e. The van der Waals surface area contributed by atoms with Crippen LogP contribution in [0.3, 0.4) is 0 Å². The SMILES string of the molecule is Nc1c([N+](=O)[O-])c(OCc2ccccc2)nc2cccnc12. The Labute approximate surface area is 125 Å². The minimum atomic E-state index is -0.600. The van der Waals surface area contributed by atoms with Gasteiger partial charge in [0, 0.05) is 6.20 Å². The monoisotopic (exact) mass is 296 g/mol. The number of hydrogen-bond acceptors (Lipinski definition) is 6. The van der Waals surface area contributed by atoms with Crippen LogP contribution in [0.25, 0.3) is 11.0 Å². The molecule has 3 aromatic rings. The normalized spacial score (nSPS) is 10.5. The number of hydrogen-bond donors (Lipinski definition) is 1. The molecular weight excluding hydrogens is 284 g/mol. The van der Waals surface area contributed by atoms with Crippen LogP contribution in [0.5, 0.6) is 5.88 Å². The van der Waals surface area contributed by atoms with E-state index in [2.05, 4.69) is 9.97 Å². The van der Waals surface area contributed by atoms with Crippen molar-refractivity contribution in [2.24, 2.45) is 0 Å². The van der Waals surface area contributed by atoms with E-state index in [9.17, 15) is 10.1 Å². The van der Waals surface area contributed by atoms with E-state index in [-0.39, 0.29) is 23.9 Å². The summed E-state index contributed by atoms with van der Waals surface area (Å²) in [4.78, 5) is 18.9. The summed E-state index contributed by atoms with van der Waals surface area (Å²) in [6.45, 7) is 0.167. The van der Waals surface area contributed by atoms with E-state index < -0.39 is 4.92 Å².